The quantitative estimate of drug-likeness (QED) is 0.0557. The highest BCUT2D eigenvalue weighted by Gasteiger charge is 2.13. The van der Waals surface area contributed by atoms with Crippen molar-refractivity contribution in [3.8, 4) is 28.5 Å². The van der Waals surface area contributed by atoms with E-state index in [-0.39, 0.29) is 28.5 Å². The highest BCUT2D eigenvalue weighted by Crippen LogP contribution is 2.30. The summed E-state index contributed by atoms with van der Waals surface area (Å²) in [5.41, 5.74) is 8.24. The number of rotatable bonds is 18. The smallest absolute Gasteiger partial charge is 0.345 e. The summed E-state index contributed by atoms with van der Waals surface area (Å²) in [5, 5.41) is 34.5. The van der Waals surface area contributed by atoms with Gasteiger partial charge < -0.3 is 28.6 Å². The van der Waals surface area contributed by atoms with Crippen molar-refractivity contribution in [1.82, 2.24) is 4.98 Å². The standard InChI is InChI=1S/C18H19NO3S.C18H24O3.C16H20O3.C7H8/c1-2-3-4-5-6-12-7-13-8-14(15-10-23-11-19-15)18(21)22-17(13)9-16(12)20;1-3-4-5-6-7-8-9-14-11-15-10-13(2)18(20)21-17(15)12-16(14)19;1-3-4-5-6-7-12-9-13-8-11(2)16(18)19-15(13)10-14(12)17;1-7-5-3-2-4-6-7/h7-11,20H,2-6H2,1H3;10-12,19H,3-9H2,1-2H3;8-10,17H,3-7H2,1-2H3;2-6H,1H3. The zero-order chi connectivity index (χ0) is 50.4. The van der Waals surface area contributed by atoms with Crippen molar-refractivity contribution in [1.29, 1.82) is 0 Å². The summed E-state index contributed by atoms with van der Waals surface area (Å²) in [6.45, 7) is 12.1. The lowest BCUT2D eigenvalue weighted by Gasteiger charge is -2.07. The minimum absolute atomic E-state index is 0.193. The first kappa shape index (κ1) is 54.5. The Morgan fingerprint density at radius 2 is 0.857 bits per heavy atom. The third-order valence-corrected chi connectivity index (χ3v) is 12.8. The second-order valence-electron chi connectivity index (χ2n) is 18.1. The first-order valence-corrected chi connectivity index (χ1v) is 26.0. The number of aromatic hydroxyl groups is 3. The maximum Gasteiger partial charge on any atom is 0.345 e. The van der Waals surface area contributed by atoms with E-state index in [1.807, 2.05) is 53.9 Å². The fraction of sp³-hybridized carbons (Fsp3) is 0.390. The van der Waals surface area contributed by atoms with Crippen LogP contribution in [-0.2, 0) is 19.3 Å². The molecule has 4 aromatic heterocycles. The first-order chi connectivity index (χ1) is 33.8. The van der Waals surface area contributed by atoms with Gasteiger partial charge in [0, 0.05) is 50.9 Å². The molecule has 70 heavy (non-hydrogen) atoms. The molecule has 4 heterocycles. The Morgan fingerprint density at radius 3 is 1.24 bits per heavy atom. The molecule has 0 atom stereocenters. The number of unbranched alkanes of at least 4 members (excludes halogenated alkanes) is 11. The van der Waals surface area contributed by atoms with Gasteiger partial charge in [0.05, 0.1) is 16.8 Å². The van der Waals surface area contributed by atoms with Crippen molar-refractivity contribution in [3.05, 3.63) is 160 Å². The summed E-state index contributed by atoms with van der Waals surface area (Å²) in [6, 6.07) is 26.1. The number of phenolic OH excluding ortho intramolecular Hbond substituents is 3. The minimum atomic E-state index is -0.432. The van der Waals surface area contributed by atoms with Gasteiger partial charge in [-0.2, -0.15) is 0 Å². The predicted octanol–water partition coefficient (Wildman–Crippen LogP) is 15.4. The van der Waals surface area contributed by atoms with Crippen LogP contribution >= 0.6 is 11.3 Å². The molecule has 0 radical (unpaired) electrons. The van der Waals surface area contributed by atoms with E-state index in [2.05, 4.69) is 44.8 Å². The molecule has 0 spiro atoms. The van der Waals surface area contributed by atoms with E-state index in [0.717, 1.165) is 77.8 Å². The van der Waals surface area contributed by atoms with Crippen LogP contribution in [0.15, 0.2) is 123 Å². The molecule has 0 saturated heterocycles. The molecule has 372 valence electrons. The molecule has 8 aromatic rings. The number of aryl methyl sites for hydroxylation is 6. The summed E-state index contributed by atoms with van der Waals surface area (Å²) < 4.78 is 15.7. The number of nitrogens with zero attached hydrogens (tertiary/aromatic N) is 1. The molecule has 4 aromatic carbocycles. The van der Waals surface area contributed by atoms with Gasteiger partial charge in [-0.15, -0.1) is 11.3 Å². The molecule has 11 heteroatoms. The van der Waals surface area contributed by atoms with Crippen molar-refractivity contribution in [2.24, 2.45) is 0 Å². The lowest BCUT2D eigenvalue weighted by molar-refractivity contribution is 0.463. The molecule has 0 bridgehead atoms. The van der Waals surface area contributed by atoms with Gasteiger partial charge in [0.1, 0.15) is 34.0 Å². The van der Waals surface area contributed by atoms with Crippen molar-refractivity contribution in [2.75, 3.05) is 0 Å². The van der Waals surface area contributed by atoms with Gasteiger partial charge in [-0.3, -0.25) is 0 Å². The lowest BCUT2D eigenvalue weighted by Crippen LogP contribution is -2.03. The highest BCUT2D eigenvalue weighted by atomic mass is 32.1. The third kappa shape index (κ3) is 16.6. The number of phenols is 3. The summed E-state index contributed by atoms with van der Waals surface area (Å²) in [5.74, 6) is 0.637. The number of hydrogen-bond donors (Lipinski definition) is 3. The molecule has 0 amide bonds. The van der Waals surface area contributed by atoms with Crippen molar-refractivity contribution >= 4 is 44.2 Å². The van der Waals surface area contributed by atoms with Gasteiger partial charge in [-0.05, 0) is 112 Å². The number of hydrogen-bond acceptors (Lipinski definition) is 11. The Labute approximate surface area is 415 Å². The van der Waals surface area contributed by atoms with E-state index in [1.54, 1.807) is 37.6 Å². The van der Waals surface area contributed by atoms with Gasteiger partial charge in [0.25, 0.3) is 0 Å². The predicted molar refractivity (Wildman–Crippen MR) is 287 cm³/mol. The maximum atomic E-state index is 12.1. The Hall–Kier alpha value is -6.46. The van der Waals surface area contributed by atoms with Crippen molar-refractivity contribution < 1.29 is 28.6 Å². The van der Waals surface area contributed by atoms with Crippen LogP contribution in [0.5, 0.6) is 17.2 Å². The van der Waals surface area contributed by atoms with Crippen molar-refractivity contribution in [3.63, 3.8) is 0 Å². The van der Waals surface area contributed by atoms with E-state index in [9.17, 15) is 29.7 Å². The normalized spacial score (nSPS) is 10.9. The molecule has 8 rings (SSSR count). The third-order valence-electron chi connectivity index (χ3n) is 12.2. The summed E-state index contributed by atoms with van der Waals surface area (Å²) in [6.07, 6.45) is 19.2. The fourth-order valence-corrected chi connectivity index (χ4v) is 8.61. The molecule has 10 nitrogen and oxygen atoms in total. The van der Waals surface area contributed by atoms with Crippen LogP contribution in [0.4, 0.5) is 0 Å². The van der Waals surface area contributed by atoms with Gasteiger partial charge in [-0.1, -0.05) is 127 Å². The molecular weight excluding hydrogens is 899 g/mol. The summed E-state index contributed by atoms with van der Waals surface area (Å²) in [4.78, 5) is 39.2. The average Bonchev–Trinajstić information content (AvgIpc) is 3.88. The van der Waals surface area contributed by atoms with E-state index in [1.165, 1.54) is 87.2 Å². The van der Waals surface area contributed by atoms with Crippen LogP contribution < -0.4 is 16.9 Å². The Balaban J connectivity index is 0.000000183. The topological polar surface area (TPSA) is 164 Å². The van der Waals surface area contributed by atoms with Crippen LogP contribution in [0.1, 0.15) is 144 Å². The molecule has 0 aliphatic carbocycles. The molecule has 0 saturated carbocycles. The van der Waals surface area contributed by atoms with Gasteiger partial charge in [0.2, 0.25) is 0 Å². The SMILES string of the molecule is CCCCCCCCc1cc2cc(C)c(=O)oc2cc1O.CCCCCCc1cc2cc(-c3cscn3)c(=O)oc2cc1O.CCCCCCc1cc2cc(C)c(=O)oc2cc1O.Cc1ccccc1. The average molecular weight is 970 g/mol. The van der Waals surface area contributed by atoms with Crippen LogP contribution in [0.25, 0.3) is 44.2 Å². The molecule has 0 aliphatic rings. The van der Waals surface area contributed by atoms with Gasteiger partial charge in [0.15, 0.2) is 0 Å². The maximum absolute atomic E-state index is 12.1. The molecule has 0 fully saturated rings. The van der Waals surface area contributed by atoms with Crippen LogP contribution in [0, 0.1) is 20.8 Å². The second kappa shape index (κ2) is 28.3. The van der Waals surface area contributed by atoms with Gasteiger partial charge >= 0.3 is 16.9 Å². The second-order valence-corrected chi connectivity index (χ2v) is 18.8. The lowest BCUT2D eigenvalue weighted by atomic mass is 10.0. The fourth-order valence-electron chi connectivity index (χ4n) is 8.06. The number of thiazole rings is 1. The number of fused-ring (bicyclic) bond motifs is 3. The molecule has 0 unspecified atom stereocenters. The molecule has 0 aliphatic heterocycles. The Bertz CT molecular complexity index is 3040. The zero-order valence-corrected chi connectivity index (χ0v) is 42.7. The highest BCUT2D eigenvalue weighted by molar-refractivity contribution is 7.07. The Morgan fingerprint density at radius 1 is 0.471 bits per heavy atom. The number of benzene rings is 4. The summed E-state index contributed by atoms with van der Waals surface area (Å²) in [7, 11) is 0. The van der Waals surface area contributed by atoms with Crippen LogP contribution in [0.3, 0.4) is 0 Å². The zero-order valence-electron chi connectivity index (χ0n) is 41.9. The van der Waals surface area contributed by atoms with E-state index < -0.39 is 5.63 Å². The summed E-state index contributed by atoms with van der Waals surface area (Å²) >= 11 is 1.44. The first-order valence-electron chi connectivity index (χ1n) is 25.0. The van der Waals surface area contributed by atoms with Crippen LogP contribution in [-0.4, -0.2) is 20.3 Å². The Kier molecular flexibility index (Phi) is 22.0. The molecular formula is C59H71NO9S. The van der Waals surface area contributed by atoms with E-state index in [0.29, 0.717) is 39.1 Å². The van der Waals surface area contributed by atoms with E-state index in [4.69, 9.17) is 13.3 Å². The van der Waals surface area contributed by atoms with Gasteiger partial charge in [-0.25, -0.2) is 19.4 Å². The van der Waals surface area contributed by atoms with E-state index >= 15 is 0 Å². The monoisotopic (exact) mass is 969 g/mol. The van der Waals surface area contributed by atoms with Crippen LogP contribution in [0.2, 0.25) is 0 Å². The number of aromatic nitrogens is 1. The minimum Gasteiger partial charge on any atom is -0.508 e. The largest absolute Gasteiger partial charge is 0.508 e. The molecule has 3 N–H and O–H groups in total. The van der Waals surface area contributed by atoms with Crippen molar-refractivity contribution in [2.45, 2.75) is 151 Å².